The summed E-state index contributed by atoms with van der Waals surface area (Å²) in [5, 5.41) is 0. The summed E-state index contributed by atoms with van der Waals surface area (Å²) < 4.78 is 20.9. The quantitative estimate of drug-likeness (QED) is 0.577. The summed E-state index contributed by atoms with van der Waals surface area (Å²) in [6.45, 7) is 0. The number of halogens is 1. The molecule has 1 heterocycles. The van der Waals surface area contributed by atoms with E-state index in [0.29, 0.717) is 17.3 Å². The monoisotopic (exact) mass is 368 g/mol. The molecule has 22 heavy (non-hydrogen) atoms. The third kappa shape index (κ3) is 3.27. The smallest absolute Gasteiger partial charge is 0.320 e. The Bertz CT molecular complexity index is 623. The van der Waals surface area contributed by atoms with E-state index in [9.17, 15) is 4.79 Å². The molecule has 0 spiro atoms. The van der Waals surface area contributed by atoms with Crippen LogP contribution in [0.2, 0.25) is 0 Å². The van der Waals surface area contributed by atoms with Crippen LogP contribution in [0, 0.1) is 0 Å². The van der Waals surface area contributed by atoms with Crippen LogP contribution in [-0.4, -0.2) is 32.1 Å². The van der Waals surface area contributed by atoms with Crippen LogP contribution in [0.5, 0.6) is 11.5 Å². The average Bonchev–Trinajstić information content (AvgIpc) is 3.07. The van der Waals surface area contributed by atoms with Crippen LogP contribution >= 0.6 is 15.9 Å². The van der Waals surface area contributed by atoms with Crippen molar-refractivity contribution in [2.75, 3.05) is 21.3 Å². The molecule has 0 saturated carbocycles. The minimum absolute atomic E-state index is 0.345. The van der Waals surface area contributed by atoms with E-state index < -0.39 is 4.83 Å². The number of esters is 1. The first-order valence-corrected chi connectivity index (χ1v) is 7.51. The van der Waals surface area contributed by atoms with E-state index in [4.69, 9.17) is 18.6 Å². The molecule has 0 N–H and O–H groups in total. The largest absolute Gasteiger partial charge is 0.493 e. The predicted molar refractivity (Wildman–Crippen MR) is 84.8 cm³/mol. The van der Waals surface area contributed by atoms with Gasteiger partial charge in [-0.25, -0.2) is 0 Å². The van der Waals surface area contributed by atoms with Crippen molar-refractivity contribution < 1.29 is 23.4 Å². The zero-order valence-corrected chi connectivity index (χ0v) is 14.1. The van der Waals surface area contributed by atoms with Crippen molar-refractivity contribution in [3.63, 3.8) is 0 Å². The number of methoxy groups -OCH3 is 3. The van der Waals surface area contributed by atoms with Gasteiger partial charge in [0.25, 0.3) is 0 Å². The molecule has 118 valence electrons. The Morgan fingerprint density at radius 3 is 2.41 bits per heavy atom. The first-order valence-electron chi connectivity index (χ1n) is 6.59. The van der Waals surface area contributed by atoms with E-state index >= 15 is 0 Å². The summed E-state index contributed by atoms with van der Waals surface area (Å²) in [4.78, 5) is 11.4. The topological polar surface area (TPSA) is 57.9 Å². The minimum Gasteiger partial charge on any atom is -0.493 e. The summed E-state index contributed by atoms with van der Waals surface area (Å²) >= 11 is 3.40. The summed E-state index contributed by atoms with van der Waals surface area (Å²) in [5.41, 5.74) is 0.847. The van der Waals surface area contributed by atoms with Gasteiger partial charge in [-0.2, -0.15) is 0 Å². The lowest BCUT2D eigenvalue weighted by Crippen LogP contribution is -2.24. The Hall–Kier alpha value is -1.95. The van der Waals surface area contributed by atoms with Crippen LogP contribution < -0.4 is 9.47 Å². The Morgan fingerprint density at radius 1 is 1.14 bits per heavy atom. The maximum atomic E-state index is 11.9. The maximum absolute atomic E-state index is 11.9. The van der Waals surface area contributed by atoms with Crippen LogP contribution in [0.1, 0.15) is 17.2 Å². The average molecular weight is 369 g/mol. The summed E-state index contributed by atoms with van der Waals surface area (Å²) in [5.74, 6) is 1.13. The van der Waals surface area contributed by atoms with Gasteiger partial charge in [-0.15, -0.1) is 0 Å². The molecule has 0 fully saturated rings. The number of hydrogen-bond acceptors (Lipinski definition) is 5. The molecule has 1 aromatic carbocycles. The lowest BCUT2D eigenvalue weighted by atomic mass is 9.92. The number of rotatable bonds is 6. The van der Waals surface area contributed by atoms with Gasteiger partial charge in [0.2, 0.25) is 0 Å². The molecular weight excluding hydrogens is 352 g/mol. The van der Waals surface area contributed by atoms with Crippen molar-refractivity contribution in [3.8, 4) is 11.5 Å². The van der Waals surface area contributed by atoms with Crippen LogP contribution in [0.4, 0.5) is 0 Å². The highest BCUT2D eigenvalue weighted by atomic mass is 79.9. The lowest BCUT2D eigenvalue weighted by molar-refractivity contribution is -0.140. The van der Waals surface area contributed by atoms with Gasteiger partial charge in [0.15, 0.2) is 11.5 Å². The van der Waals surface area contributed by atoms with Gasteiger partial charge in [0.1, 0.15) is 10.6 Å². The third-order valence-corrected chi connectivity index (χ3v) is 4.24. The number of alkyl halides is 1. The molecule has 0 bridgehead atoms. The molecule has 6 heteroatoms. The number of carbonyl (C=O) groups is 1. The third-order valence-electron chi connectivity index (χ3n) is 3.34. The fourth-order valence-electron chi connectivity index (χ4n) is 2.24. The van der Waals surface area contributed by atoms with E-state index in [1.807, 2.05) is 18.2 Å². The SMILES string of the molecule is COC(=O)[C@@H](Br)[C@@H](c1ccc(OC)c(OC)c1)c1ccco1. The first-order chi connectivity index (χ1) is 10.6. The van der Waals surface area contributed by atoms with Crippen molar-refractivity contribution in [2.24, 2.45) is 0 Å². The summed E-state index contributed by atoms with van der Waals surface area (Å²) in [6.07, 6.45) is 1.57. The molecule has 0 saturated heterocycles. The molecule has 2 rings (SSSR count). The number of benzene rings is 1. The standard InChI is InChI=1S/C16H17BrO5/c1-19-11-7-6-10(9-13(11)20-2)14(12-5-4-8-22-12)15(17)16(18)21-3/h4-9,14-15H,1-3H3/t14-,15-/m0/s1. The van der Waals surface area contributed by atoms with Crippen LogP contribution in [0.3, 0.4) is 0 Å². The molecule has 0 aliphatic carbocycles. The van der Waals surface area contributed by atoms with Crippen LogP contribution in [-0.2, 0) is 9.53 Å². The van der Waals surface area contributed by atoms with Gasteiger partial charge in [-0.1, -0.05) is 22.0 Å². The molecular formula is C16H17BrO5. The maximum Gasteiger partial charge on any atom is 0.320 e. The van der Waals surface area contributed by atoms with Crippen LogP contribution in [0.15, 0.2) is 41.0 Å². The minimum atomic E-state index is -0.582. The number of carbonyl (C=O) groups excluding carboxylic acids is 1. The number of ether oxygens (including phenoxy) is 3. The Balaban J connectivity index is 2.48. The van der Waals surface area contributed by atoms with Crippen molar-refractivity contribution in [1.82, 2.24) is 0 Å². The molecule has 0 aliphatic rings. The zero-order chi connectivity index (χ0) is 16.1. The van der Waals surface area contributed by atoms with Gasteiger partial charge in [-0.05, 0) is 29.8 Å². The predicted octanol–water partition coefficient (Wildman–Crippen LogP) is 3.37. The molecule has 5 nitrogen and oxygen atoms in total. The molecule has 2 aromatic rings. The van der Waals surface area contributed by atoms with Gasteiger partial charge in [-0.3, -0.25) is 4.79 Å². The normalized spacial score (nSPS) is 13.3. The summed E-state index contributed by atoms with van der Waals surface area (Å²) in [7, 11) is 4.49. The molecule has 2 atom stereocenters. The van der Waals surface area contributed by atoms with Crippen molar-refractivity contribution in [2.45, 2.75) is 10.7 Å². The van der Waals surface area contributed by atoms with E-state index in [0.717, 1.165) is 5.56 Å². The van der Waals surface area contributed by atoms with Gasteiger partial charge < -0.3 is 18.6 Å². The molecule has 0 unspecified atom stereocenters. The van der Waals surface area contributed by atoms with Gasteiger partial charge in [0.05, 0.1) is 33.5 Å². The Kier molecular flexibility index (Phi) is 5.49. The first kappa shape index (κ1) is 16.4. The fraction of sp³-hybridized carbons (Fsp3) is 0.312. The highest BCUT2D eigenvalue weighted by Crippen LogP contribution is 2.37. The molecule has 1 aromatic heterocycles. The van der Waals surface area contributed by atoms with Crippen molar-refractivity contribution in [3.05, 3.63) is 47.9 Å². The lowest BCUT2D eigenvalue weighted by Gasteiger charge is -2.20. The number of furan rings is 1. The molecule has 0 radical (unpaired) electrons. The van der Waals surface area contributed by atoms with E-state index in [1.165, 1.54) is 7.11 Å². The van der Waals surface area contributed by atoms with Crippen molar-refractivity contribution in [1.29, 1.82) is 0 Å². The zero-order valence-electron chi connectivity index (χ0n) is 12.5. The molecule has 0 amide bonds. The van der Waals surface area contributed by atoms with Gasteiger partial charge in [0, 0.05) is 0 Å². The van der Waals surface area contributed by atoms with E-state index in [2.05, 4.69) is 15.9 Å². The summed E-state index contributed by atoms with van der Waals surface area (Å²) in [6, 6.07) is 9.08. The Morgan fingerprint density at radius 2 is 1.86 bits per heavy atom. The highest BCUT2D eigenvalue weighted by molar-refractivity contribution is 9.10. The second-order valence-corrected chi connectivity index (χ2v) is 5.52. The number of hydrogen-bond donors (Lipinski definition) is 0. The van der Waals surface area contributed by atoms with Crippen LogP contribution in [0.25, 0.3) is 0 Å². The second kappa shape index (κ2) is 7.35. The van der Waals surface area contributed by atoms with Crippen molar-refractivity contribution >= 4 is 21.9 Å². The Labute approximate surface area is 137 Å². The van der Waals surface area contributed by atoms with E-state index in [-0.39, 0.29) is 11.9 Å². The van der Waals surface area contributed by atoms with E-state index in [1.54, 1.807) is 32.6 Å². The van der Waals surface area contributed by atoms with Gasteiger partial charge >= 0.3 is 5.97 Å². The molecule has 0 aliphatic heterocycles. The highest BCUT2D eigenvalue weighted by Gasteiger charge is 2.32. The fourth-order valence-corrected chi connectivity index (χ4v) is 2.99. The second-order valence-electron chi connectivity index (χ2n) is 4.53.